The summed E-state index contributed by atoms with van der Waals surface area (Å²) in [5.74, 6) is 1.32. The molecule has 5 heterocycles. The number of hydrogen-bond acceptors (Lipinski definition) is 8. The molecule has 35 heavy (non-hydrogen) atoms. The third-order valence-electron chi connectivity index (χ3n) is 5.82. The average Bonchev–Trinajstić information content (AvgIpc) is 3.12. The van der Waals surface area contributed by atoms with E-state index >= 15 is 0 Å². The van der Waals surface area contributed by atoms with Gasteiger partial charge in [-0.2, -0.15) is 9.97 Å². The molecule has 0 aromatic carbocycles. The van der Waals surface area contributed by atoms with Crippen molar-refractivity contribution in [1.82, 2.24) is 34.2 Å². The molecule has 1 N–H and O–H groups in total. The van der Waals surface area contributed by atoms with Gasteiger partial charge < -0.3 is 15.0 Å². The maximum absolute atomic E-state index is 13.2. The molecule has 1 fully saturated rings. The largest absolute Gasteiger partial charge is 0.474 e. The van der Waals surface area contributed by atoms with E-state index in [1.807, 2.05) is 18.2 Å². The zero-order chi connectivity index (χ0) is 24.4. The fourth-order valence-electron chi connectivity index (χ4n) is 4.08. The van der Waals surface area contributed by atoms with Crippen LogP contribution >= 0.6 is 11.6 Å². The third-order valence-corrected chi connectivity index (χ3v) is 6.02. The minimum atomic E-state index is -0.237. The number of likely N-dealkylation sites (tertiary alicyclic amines) is 1. The Morgan fingerprint density at radius 1 is 1.23 bits per heavy atom. The van der Waals surface area contributed by atoms with E-state index in [0.717, 1.165) is 25.9 Å². The van der Waals surface area contributed by atoms with Gasteiger partial charge in [-0.15, -0.1) is 6.58 Å². The summed E-state index contributed by atoms with van der Waals surface area (Å²) in [5, 5.41) is 3.93. The predicted molar refractivity (Wildman–Crippen MR) is 135 cm³/mol. The zero-order valence-corrected chi connectivity index (χ0v) is 20.0. The Hall–Kier alpha value is -3.76. The van der Waals surface area contributed by atoms with Crippen LogP contribution in [0, 0.1) is 0 Å². The SMILES string of the molecule is C=CCn1c(=O)c2cnc(Nc3cncc(Cl)c3)nc2n1-c1cccc(OC2CCN(C)CC2)n1. The predicted octanol–water partition coefficient (Wildman–Crippen LogP) is 3.43. The number of nitrogens with zero attached hydrogens (tertiary/aromatic N) is 7. The van der Waals surface area contributed by atoms with Crippen LogP contribution in [-0.4, -0.2) is 60.4 Å². The molecule has 4 aromatic rings. The first-order valence-electron chi connectivity index (χ1n) is 11.3. The first-order chi connectivity index (χ1) is 17.0. The minimum Gasteiger partial charge on any atom is -0.474 e. The molecule has 0 bridgehead atoms. The fraction of sp³-hybridized carbons (Fsp3) is 0.292. The summed E-state index contributed by atoms with van der Waals surface area (Å²) >= 11 is 6.04. The van der Waals surface area contributed by atoms with E-state index < -0.39 is 0 Å². The number of ether oxygens (including phenoxy) is 1. The summed E-state index contributed by atoms with van der Waals surface area (Å²) in [6.07, 6.45) is 8.29. The second kappa shape index (κ2) is 9.85. The van der Waals surface area contributed by atoms with Crippen LogP contribution in [0.4, 0.5) is 11.6 Å². The number of aromatic nitrogens is 6. The van der Waals surface area contributed by atoms with Crippen molar-refractivity contribution in [2.24, 2.45) is 0 Å². The number of nitrogens with one attached hydrogen (secondary N) is 1. The molecule has 180 valence electrons. The van der Waals surface area contributed by atoms with Gasteiger partial charge in [0.1, 0.15) is 11.5 Å². The number of allylic oxidation sites excluding steroid dienone is 1. The summed E-state index contributed by atoms with van der Waals surface area (Å²) in [7, 11) is 2.11. The number of rotatable bonds is 7. The van der Waals surface area contributed by atoms with E-state index in [2.05, 4.69) is 38.8 Å². The molecule has 0 atom stereocenters. The lowest BCUT2D eigenvalue weighted by molar-refractivity contribution is 0.110. The van der Waals surface area contributed by atoms with Crippen LogP contribution in [0.3, 0.4) is 0 Å². The summed E-state index contributed by atoms with van der Waals surface area (Å²) < 4.78 is 9.37. The summed E-state index contributed by atoms with van der Waals surface area (Å²) in [6, 6.07) is 7.22. The zero-order valence-electron chi connectivity index (χ0n) is 19.3. The van der Waals surface area contributed by atoms with Gasteiger partial charge >= 0.3 is 0 Å². The maximum Gasteiger partial charge on any atom is 0.278 e. The topological polar surface area (TPSA) is 103 Å². The highest BCUT2D eigenvalue weighted by Crippen LogP contribution is 2.22. The van der Waals surface area contributed by atoms with E-state index in [0.29, 0.717) is 39.4 Å². The van der Waals surface area contributed by atoms with Gasteiger partial charge in [-0.1, -0.05) is 23.7 Å². The first-order valence-corrected chi connectivity index (χ1v) is 11.7. The normalized spacial score (nSPS) is 14.8. The molecular weight excluding hydrogens is 468 g/mol. The molecule has 0 radical (unpaired) electrons. The van der Waals surface area contributed by atoms with Crippen molar-refractivity contribution >= 4 is 34.3 Å². The number of halogens is 1. The van der Waals surface area contributed by atoms with Crippen LogP contribution in [0.15, 0.2) is 60.3 Å². The standard InChI is InChI=1S/C24H25ClN8O2/c1-3-9-32-23(34)19-15-27-24(28-17-12-16(25)13-26-14-17)30-22(19)33(32)20-5-4-6-21(29-20)35-18-7-10-31(2)11-8-18/h3-6,12-15,18H,1,7-11H2,2H3,(H,27,28,30). The van der Waals surface area contributed by atoms with Crippen LogP contribution < -0.4 is 15.6 Å². The Morgan fingerprint density at radius 2 is 2.06 bits per heavy atom. The molecule has 0 spiro atoms. The Morgan fingerprint density at radius 3 is 2.83 bits per heavy atom. The molecule has 0 aliphatic carbocycles. The van der Waals surface area contributed by atoms with E-state index in [1.54, 1.807) is 23.0 Å². The fourth-order valence-corrected chi connectivity index (χ4v) is 4.25. The van der Waals surface area contributed by atoms with Crippen molar-refractivity contribution in [3.05, 3.63) is 70.9 Å². The molecular formula is C24H25ClN8O2. The van der Waals surface area contributed by atoms with Crippen LogP contribution in [0.5, 0.6) is 5.88 Å². The van der Waals surface area contributed by atoms with Gasteiger partial charge in [0, 0.05) is 31.5 Å². The molecule has 10 nitrogen and oxygen atoms in total. The third kappa shape index (κ3) is 4.89. The van der Waals surface area contributed by atoms with Crippen molar-refractivity contribution in [3.63, 3.8) is 0 Å². The number of hydrogen-bond donors (Lipinski definition) is 1. The first kappa shape index (κ1) is 23.0. The molecule has 0 saturated carbocycles. The highest BCUT2D eigenvalue weighted by Gasteiger charge is 2.21. The van der Waals surface area contributed by atoms with Crippen molar-refractivity contribution in [2.45, 2.75) is 25.5 Å². The van der Waals surface area contributed by atoms with Gasteiger partial charge in [0.15, 0.2) is 11.5 Å². The molecule has 1 aliphatic heterocycles. The number of piperidine rings is 1. The van der Waals surface area contributed by atoms with Crippen molar-refractivity contribution in [2.75, 3.05) is 25.5 Å². The Kier molecular flexibility index (Phi) is 6.47. The van der Waals surface area contributed by atoms with Crippen LogP contribution in [0.1, 0.15) is 12.8 Å². The average molecular weight is 493 g/mol. The van der Waals surface area contributed by atoms with E-state index in [1.165, 1.54) is 17.1 Å². The van der Waals surface area contributed by atoms with E-state index in [4.69, 9.17) is 21.3 Å². The highest BCUT2D eigenvalue weighted by molar-refractivity contribution is 6.30. The second-order valence-electron chi connectivity index (χ2n) is 8.39. The number of anilines is 2. The maximum atomic E-state index is 13.2. The van der Waals surface area contributed by atoms with Crippen LogP contribution in [0.2, 0.25) is 5.02 Å². The number of fused-ring (bicyclic) bond motifs is 1. The van der Waals surface area contributed by atoms with Crippen molar-refractivity contribution < 1.29 is 4.74 Å². The Balaban J connectivity index is 1.54. The van der Waals surface area contributed by atoms with Crippen molar-refractivity contribution in [3.8, 4) is 11.7 Å². The quantitative estimate of drug-likeness (QED) is 0.391. The molecule has 11 heteroatoms. The molecule has 1 saturated heterocycles. The Labute approximate surface area is 206 Å². The van der Waals surface area contributed by atoms with Gasteiger partial charge in [-0.3, -0.25) is 9.78 Å². The molecule has 1 aliphatic rings. The van der Waals surface area contributed by atoms with Gasteiger partial charge in [0.25, 0.3) is 5.56 Å². The molecule has 0 unspecified atom stereocenters. The lowest BCUT2D eigenvalue weighted by Gasteiger charge is -2.29. The minimum absolute atomic E-state index is 0.107. The van der Waals surface area contributed by atoms with Gasteiger partial charge in [0.05, 0.1) is 23.5 Å². The Bertz CT molecular complexity index is 1420. The lowest BCUT2D eigenvalue weighted by atomic mass is 10.1. The smallest absolute Gasteiger partial charge is 0.278 e. The summed E-state index contributed by atoms with van der Waals surface area (Å²) in [5.41, 5.74) is 0.801. The van der Waals surface area contributed by atoms with E-state index in [-0.39, 0.29) is 18.2 Å². The molecule has 5 rings (SSSR count). The van der Waals surface area contributed by atoms with Crippen LogP contribution in [0.25, 0.3) is 16.9 Å². The van der Waals surface area contributed by atoms with Gasteiger partial charge in [-0.25, -0.2) is 14.3 Å². The monoisotopic (exact) mass is 492 g/mol. The van der Waals surface area contributed by atoms with E-state index in [9.17, 15) is 4.79 Å². The van der Waals surface area contributed by atoms with Crippen molar-refractivity contribution in [1.29, 1.82) is 0 Å². The van der Waals surface area contributed by atoms with Crippen LogP contribution in [-0.2, 0) is 6.54 Å². The highest BCUT2D eigenvalue weighted by atomic mass is 35.5. The summed E-state index contributed by atoms with van der Waals surface area (Å²) in [6.45, 7) is 6.04. The molecule has 0 amide bonds. The summed E-state index contributed by atoms with van der Waals surface area (Å²) in [4.78, 5) is 33.2. The number of pyridine rings is 2. The van der Waals surface area contributed by atoms with Gasteiger partial charge in [0.2, 0.25) is 11.8 Å². The molecule has 4 aromatic heterocycles. The van der Waals surface area contributed by atoms with Gasteiger partial charge in [-0.05, 0) is 32.0 Å². The second-order valence-corrected chi connectivity index (χ2v) is 8.83. The lowest BCUT2D eigenvalue weighted by Crippen LogP contribution is -2.35.